The molecule has 0 radical (unpaired) electrons. The zero-order valence-electron chi connectivity index (χ0n) is 16.5. The smallest absolute Gasteiger partial charge is 0.417 e. The number of carbonyl (C=O) groups is 1. The maximum atomic E-state index is 13.8. The molecule has 2 aromatic carbocycles. The number of para-hydroxylation sites is 1. The second-order valence-corrected chi connectivity index (χ2v) is 6.25. The molecule has 9 heteroatoms. The highest BCUT2D eigenvalue weighted by atomic mass is 19.4. The molecule has 1 heterocycles. The van der Waals surface area contributed by atoms with Crippen LogP contribution in [0.3, 0.4) is 0 Å². The number of carbonyl (C=O) groups excluding carboxylic acids is 1. The number of amides is 1. The molecule has 0 aliphatic carbocycles. The van der Waals surface area contributed by atoms with Crippen LogP contribution in [0.4, 0.5) is 13.2 Å². The Hall–Kier alpha value is -3.49. The summed E-state index contributed by atoms with van der Waals surface area (Å²) in [6, 6.07) is 8.97. The van der Waals surface area contributed by atoms with Gasteiger partial charge in [-0.3, -0.25) is 9.78 Å². The summed E-state index contributed by atoms with van der Waals surface area (Å²) in [4.78, 5) is 16.7. The van der Waals surface area contributed by atoms with Gasteiger partial charge >= 0.3 is 6.18 Å². The van der Waals surface area contributed by atoms with Crippen LogP contribution >= 0.6 is 0 Å². The lowest BCUT2D eigenvalue weighted by molar-refractivity contribution is -0.136. The van der Waals surface area contributed by atoms with Crippen molar-refractivity contribution in [2.75, 3.05) is 21.3 Å². The molecule has 0 bridgehead atoms. The summed E-state index contributed by atoms with van der Waals surface area (Å²) in [7, 11) is 4.32. The molecule has 0 unspecified atom stereocenters. The summed E-state index contributed by atoms with van der Waals surface area (Å²) < 4.78 is 57.0. The van der Waals surface area contributed by atoms with E-state index in [2.05, 4.69) is 10.3 Å². The van der Waals surface area contributed by atoms with Crippen LogP contribution in [0, 0.1) is 0 Å². The number of benzene rings is 2. The van der Waals surface area contributed by atoms with E-state index in [0.29, 0.717) is 22.8 Å². The molecule has 0 aliphatic rings. The summed E-state index contributed by atoms with van der Waals surface area (Å²) in [5.41, 5.74) is -0.983. The van der Waals surface area contributed by atoms with Crippen molar-refractivity contribution in [3.8, 4) is 17.2 Å². The number of aromatic nitrogens is 1. The third-order valence-electron chi connectivity index (χ3n) is 4.55. The Morgan fingerprint density at radius 2 is 1.67 bits per heavy atom. The molecule has 0 spiro atoms. The van der Waals surface area contributed by atoms with E-state index >= 15 is 0 Å². The molecule has 1 N–H and O–H groups in total. The molecule has 6 nitrogen and oxygen atoms in total. The number of rotatable bonds is 6. The molecule has 1 aromatic heterocycles. The second kappa shape index (κ2) is 8.48. The van der Waals surface area contributed by atoms with Crippen molar-refractivity contribution >= 4 is 16.8 Å². The van der Waals surface area contributed by atoms with Crippen LogP contribution in [-0.4, -0.2) is 32.2 Å². The average molecular weight is 420 g/mol. The Bertz CT molecular complexity index is 1060. The zero-order valence-corrected chi connectivity index (χ0v) is 16.5. The van der Waals surface area contributed by atoms with E-state index in [1.54, 1.807) is 18.2 Å². The predicted octanol–water partition coefficient (Wildman–Crippen LogP) is 4.21. The minimum absolute atomic E-state index is 0.126. The molecule has 3 aromatic rings. The van der Waals surface area contributed by atoms with Crippen molar-refractivity contribution in [2.45, 2.75) is 12.7 Å². The number of nitrogens with one attached hydrogen (secondary N) is 1. The largest absolute Gasteiger partial charge is 0.496 e. The van der Waals surface area contributed by atoms with Crippen molar-refractivity contribution < 1.29 is 32.2 Å². The molecular formula is C21H19F3N2O4. The number of hydrogen-bond donors (Lipinski definition) is 1. The van der Waals surface area contributed by atoms with Crippen LogP contribution in [0.15, 0.2) is 42.6 Å². The Morgan fingerprint density at radius 1 is 1.03 bits per heavy atom. The van der Waals surface area contributed by atoms with Gasteiger partial charge in [0.1, 0.15) is 17.2 Å². The van der Waals surface area contributed by atoms with Gasteiger partial charge in [0, 0.05) is 23.7 Å². The van der Waals surface area contributed by atoms with Gasteiger partial charge in [-0.15, -0.1) is 0 Å². The van der Waals surface area contributed by atoms with Gasteiger partial charge in [0.25, 0.3) is 5.91 Å². The number of pyridine rings is 1. The maximum absolute atomic E-state index is 13.8. The van der Waals surface area contributed by atoms with Crippen molar-refractivity contribution in [2.24, 2.45) is 0 Å². The summed E-state index contributed by atoms with van der Waals surface area (Å²) in [6.45, 7) is -0.126. The first kappa shape index (κ1) is 21.2. The fourth-order valence-corrected chi connectivity index (χ4v) is 3.13. The highest BCUT2D eigenvalue weighted by molar-refractivity contribution is 6.00. The van der Waals surface area contributed by atoms with E-state index in [9.17, 15) is 18.0 Å². The Balaban J connectivity index is 1.97. The third-order valence-corrected chi connectivity index (χ3v) is 4.55. The first-order valence-electron chi connectivity index (χ1n) is 8.82. The van der Waals surface area contributed by atoms with Gasteiger partial charge in [-0.05, 0) is 6.07 Å². The van der Waals surface area contributed by atoms with Crippen molar-refractivity contribution in [3.05, 3.63) is 59.3 Å². The van der Waals surface area contributed by atoms with Crippen LogP contribution in [0.2, 0.25) is 0 Å². The molecule has 1 amide bonds. The van der Waals surface area contributed by atoms with Gasteiger partial charge in [-0.25, -0.2) is 0 Å². The highest BCUT2D eigenvalue weighted by Gasteiger charge is 2.37. The topological polar surface area (TPSA) is 69.7 Å². The van der Waals surface area contributed by atoms with Gasteiger partial charge in [-0.1, -0.05) is 18.2 Å². The molecule has 0 atom stereocenters. The SMILES string of the molecule is COc1cc(OC)c(CNC(=O)c2cnc3ccccc3c2C(F)(F)F)c(OC)c1. The van der Waals surface area contributed by atoms with Crippen molar-refractivity contribution in [1.29, 1.82) is 0 Å². The van der Waals surface area contributed by atoms with Crippen LogP contribution < -0.4 is 19.5 Å². The lowest BCUT2D eigenvalue weighted by Gasteiger charge is -2.17. The Morgan fingerprint density at radius 3 is 2.23 bits per heavy atom. The Labute approximate surface area is 170 Å². The summed E-state index contributed by atoms with van der Waals surface area (Å²) in [6.07, 6.45) is -3.80. The molecule has 0 aliphatic heterocycles. The third kappa shape index (κ3) is 4.10. The minimum atomic E-state index is -4.73. The average Bonchev–Trinajstić information content (AvgIpc) is 2.75. The fourth-order valence-electron chi connectivity index (χ4n) is 3.13. The van der Waals surface area contributed by atoms with Crippen LogP contribution in [0.5, 0.6) is 17.2 Å². The van der Waals surface area contributed by atoms with Gasteiger partial charge in [0.05, 0.1) is 50.1 Å². The molecule has 0 saturated heterocycles. The number of halogens is 3. The number of methoxy groups -OCH3 is 3. The summed E-state index contributed by atoms with van der Waals surface area (Å²) in [5.74, 6) is 0.274. The maximum Gasteiger partial charge on any atom is 0.417 e. The van der Waals surface area contributed by atoms with Crippen molar-refractivity contribution in [3.63, 3.8) is 0 Å². The lowest BCUT2D eigenvalue weighted by Crippen LogP contribution is -2.27. The van der Waals surface area contributed by atoms with Gasteiger partial charge in [0.2, 0.25) is 0 Å². The van der Waals surface area contributed by atoms with E-state index < -0.39 is 23.2 Å². The van der Waals surface area contributed by atoms with Crippen LogP contribution in [0.25, 0.3) is 10.9 Å². The van der Waals surface area contributed by atoms with E-state index in [1.807, 2.05) is 0 Å². The van der Waals surface area contributed by atoms with Crippen molar-refractivity contribution in [1.82, 2.24) is 10.3 Å². The normalized spacial score (nSPS) is 11.3. The zero-order chi connectivity index (χ0) is 21.9. The highest BCUT2D eigenvalue weighted by Crippen LogP contribution is 2.37. The monoisotopic (exact) mass is 420 g/mol. The molecule has 30 heavy (non-hydrogen) atoms. The number of hydrogen-bond acceptors (Lipinski definition) is 5. The van der Waals surface area contributed by atoms with Crippen LogP contribution in [-0.2, 0) is 12.7 Å². The Kier molecular flexibility index (Phi) is 6.00. The van der Waals surface area contributed by atoms with Gasteiger partial charge in [-0.2, -0.15) is 13.2 Å². The predicted molar refractivity (Wildman–Crippen MR) is 104 cm³/mol. The number of fused-ring (bicyclic) bond motifs is 1. The van der Waals surface area contributed by atoms with E-state index in [1.165, 1.54) is 39.5 Å². The first-order valence-corrected chi connectivity index (χ1v) is 8.82. The van der Waals surface area contributed by atoms with Gasteiger partial charge < -0.3 is 19.5 Å². The second-order valence-electron chi connectivity index (χ2n) is 6.25. The van der Waals surface area contributed by atoms with Crippen LogP contribution in [0.1, 0.15) is 21.5 Å². The van der Waals surface area contributed by atoms with E-state index in [0.717, 1.165) is 6.20 Å². The lowest BCUT2D eigenvalue weighted by atomic mass is 10.0. The number of ether oxygens (including phenoxy) is 3. The minimum Gasteiger partial charge on any atom is -0.496 e. The molecule has 3 rings (SSSR count). The van der Waals surface area contributed by atoms with E-state index in [4.69, 9.17) is 14.2 Å². The molecule has 158 valence electrons. The molecule has 0 saturated carbocycles. The molecule has 0 fully saturated rings. The summed E-state index contributed by atoms with van der Waals surface area (Å²) >= 11 is 0. The standard InChI is InChI=1S/C21H19F3N2O4/c1-28-12-8-17(29-2)14(18(9-12)30-3)10-26-20(27)15-11-25-16-7-5-4-6-13(16)19(15)21(22,23)24/h4-9,11H,10H2,1-3H3,(H,26,27). The van der Waals surface area contributed by atoms with E-state index in [-0.39, 0.29) is 17.4 Å². The number of nitrogens with zero attached hydrogens (tertiary/aromatic N) is 1. The first-order chi connectivity index (χ1) is 14.3. The summed E-state index contributed by atoms with van der Waals surface area (Å²) in [5, 5.41) is 2.36. The fraction of sp³-hybridized carbons (Fsp3) is 0.238. The molecular weight excluding hydrogens is 401 g/mol. The van der Waals surface area contributed by atoms with Gasteiger partial charge in [0.15, 0.2) is 0 Å². The number of alkyl halides is 3. The quantitative estimate of drug-likeness (QED) is 0.647.